The molecule has 0 radical (unpaired) electrons. The summed E-state index contributed by atoms with van der Waals surface area (Å²) < 4.78 is 1.01. The van der Waals surface area contributed by atoms with Gasteiger partial charge in [-0.2, -0.15) is 0 Å². The smallest absolute Gasteiger partial charge is 0.129 e. The van der Waals surface area contributed by atoms with E-state index in [1.807, 2.05) is 19.1 Å². The molecule has 2 rings (SSSR count). The molecule has 0 saturated heterocycles. The van der Waals surface area contributed by atoms with E-state index in [-0.39, 0.29) is 0 Å². The average molecular weight is 291 g/mol. The molecule has 0 amide bonds. The van der Waals surface area contributed by atoms with Gasteiger partial charge in [-0.3, -0.25) is 0 Å². The largest absolute Gasteiger partial charge is 0.234 e. The van der Waals surface area contributed by atoms with Crippen LogP contribution in [0.1, 0.15) is 5.56 Å². The minimum Gasteiger partial charge on any atom is -0.234 e. The summed E-state index contributed by atoms with van der Waals surface area (Å²) in [5.41, 5.74) is 1.82. The van der Waals surface area contributed by atoms with Crippen LogP contribution in [0, 0.1) is 6.92 Å². The molecule has 1 aromatic carbocycles. The Bertz CT molecular complexity index is 511. The predicted octanol–water partition coefficient (Wildman–Crippen LogP) is 4.61. The number of hydrogen-bond donors (Lipinski definition) is 0. The Kier molecular flexibility index (Phi) is 2.69. The molecular formula is C10H6BrCl2N. The molecule has 2 aromatic rings. The van der Waals surface area contributed by atoms with Crippen LogP contribution in [0.4, 0.5) is 0 Å². The van der Waals surface area contributed by atoms with Crippen LogP contribution in [0.5, 0.6) is 0 Å². The molecule has 0 bridgehead atoms. The van der Waals surface area contributed by atoms with E-state index >= 15 is 0 Å². The molecule has 1 heterocycles. The molecule has 72 valence electrons. The van der Waals surface area contributed by atoms with Gasteiger partial charge in [-0.25, -0.2) is 4.98 Å². The van der Waals surface area contributed by atoms with Crippen molar-refractivity contribution in [3.63, 3.8) is 0 Å². The van der Waals surface area contributed by atoms with Gasteiger partial charge in [0.25, 0.3) is 0 Å². The van der Waals surface area contributed by atoms with E-state index in [1.54, 1.807) is 6.07 Å². The zero-order valence-corrected chi connectivity index (χ0v) is 10.4. The third-order valence-electron chi connectivity index (χ3n) is 2.01. The summed E-state index contributed by atoms with van der Waals surface area (Å²) in [6.45, 7) is 1.99. The number of halogens is 3. The zero-order valence-electron chi connectivity index (χ0n) is 7.31. The lowest BCUT2D eigenvalue weighted by atomic mass is 10.1. The van der Waals surface area contributed by atoms with E-state index in [0.717, 1.165) is 20.9 Å². The fourth-order valence-corrected chi connectivity index (χ4v) is 2.22. The van der Waals surface area contributed by atoms with E-state index in [2.05, 4.69) is 20.9 Å². The molecule has 0 atom stereocenters. The molecular weight excluding hydrogens is 285 g/mol. The molecule has 0 spiro atoms. The number of aryl methyl sites for hydroxylation is 1. The fraction of sp³-hybridized carbons (Fsp3) is 0.100. The van der Waals surface area contributed by atoms with Gasteiger partial charge in [0.1, 0.15) is 5.15 Å². The Morgan fingerprint density at radius 2 is 2.00 bits per heavy atom. The highest BCUT2D eigenvalue weighted by Crippen LogP contribution is 2.32. The second kappa shape index (κ2) is 3.69. The van der Waals surface area contributed by atoms with Crippen molar-refractivity contribution in [3.8, 4) is 0 Å². The number of pyridine rings is 1. The molecule has 1 aromatic heterocycles. The van der Waals surface area contributed by atoms with Gasteiger partial charge in [-0.15, -0.1) is 0 Å². The van der Waals surface area contributed by atoms with Crippen LogP contribution in [0.3, 0.4) is 0 Å². The second-order valence-electron chi connectivity index (χ2n) is 3.02. The molecule has 0 aliphatic carbocycles. The molecule has 14 heavy (non-hydrogen) atoms. The molecule has 0 N–H and O–H groups in total. The number of nitrogens with zero attached hydrogens (tertiary/aromatic N) is 1. The Morgan fingerprint density at radius 1 is 1.29 bits per heavy atom. The van der Waals surface area contributed by atoms with Crippen LogP contribution in [-0.4, -0.2) is 4.98 Å². The van der Waals surface area contributed by atoms with E-state index in [0.29, 0.717) is 10.2 Å². The van der Waals surface area contributed by atoms with Gasteiger partial charge in [-0.1, -0.05) is 23.2 Å². The summed E-state index contributed by atoms with van der Waals surface area (Å²) >= 11 is 15.4. The lowest BCUT2D eigenvalue weighted by Crippen LogP contribution is -1.85. The van der Waals surface area contributed by atoms with Crippen molar-refractivity contribution in [1.82, 2.24) is 4.98 Å². The number of hydrogen-bond acceptors (Lipinski definition) is 1. The Morgan fingerprint density at radius 3 is 2.71 bits per heavy atom. The van der Waals surface area contributed by atoms with Crippen molar-refractivity contribution in [2.24, 2.45) is 0 Å². The minimum absolute atomic E-state index is 0.454. The van der Waals surface area contributed by atoms with Crippen LogP contribution in [0.15, 0.2) is 22.7 Å². The summed E-state index contributed by atoms with van der Waals surface area (Å²) in [6, 6.07) is 5.54. The molecule has 0 aliphatic rings. The maximum Gasteiger partial charge on any atom is 0.129 e. The molecule has 4 heteroatoms. The van der Waals surface area contributed by atoms with Crippen molar-refractivity contribution < 1.29 is 0 Å². The number of rotatable bonds is 0. The van der Waals surface area contributed by atoms with E-state index in [4.69, 9.17) is 23.2 Å². The van der Waals surface area contributed by atoms with E-state index < -0.39 is 0 Å². The van der Waals surface area contributed by atoms with Crippen LogP contribution < -0.4 is 0 Å². The van der Waals surface area contributed by atoms with Gasteiger partial charge in [0.05, 0.1) is 10.5 Å². The quantitative estimate of drug-likeness (QED) is 0.646. The molecule has 1 nitrogen and oxygen atoms in total. The summed E-state index contributed by atoms with van der Waals surface area (Å²) in [7, 11) is 0. The maximum absolute atomic E-state index is 6.06. The van der Waals surface area contributed by atoms with Gasteiger partial charge in [0.2, 0.25) is 0 Å². The summed E-state index contributed by atoms with van der Waals surface area (Å²) in [5, 5.41) is 2.07. The van der Waals surface area contributed by atoms with Gasteiger partial charge in [0.15, 0.2) is 0 Å². The Balaban J connectivity index is 2.94. The lowest BCUT2D eigenvalue weighted by Gasteiger charge is -2.05. The lowest BCUT2D eigenvalue weighted by molar-refractivity contribution is 1.38. The molecule has 0 aliphatic heterocycles. The van der Waals surface area contributed by atoms with Gasteiger partial charge in [0, 0.05) is 9.86 Å². The van der Waals surface area contributed by atoms with Crippen LogP contribution in [-0.2, 0) is 0 Å². The Hall–Kier alpha value is -0.310. The maximum atomic E-state index is 6.06. The number of fused-ring (bicyclic) bond motifs is 1. The highest BCUT2D eigenvalue weighted by Gasteiger charge is 2.07. The van der Waals surface area contributed by atoms with Gasteiger partial charge < -0.3 is 0 Å². The fourth-order valence-electron chi connectivity index (χ4n) is 1.33. The van der Waals surface area contributed by atoms with E-state index in [9.17, 15) is 0 Å². The van der Waals surface area contributed by atoms with Crippen LogP contribution >= 0.6 is 39.1 Å². The predicted molar refractivity (Wildman–Crippen MR) is 64.2 cm³/mol. The van der Waals surface area contributed by atoms with Crippen molar-refractivity contribution in [3.05, 3.63) is 38.4 Å². The number of aromatic nitrogens is 1. The summed E-state index contributed by atoms with van der Waals surface area (Å²) in [5.74, 6) is 0. The first kappa shape index (κ1) is 10.2. The Labute approximate surface area is 100 Å². The topological polar surface area (TPSA) is 12.9 Å². The first-order valence-electron chi connectivity index (χ1n) is 4.00. The van der Waals surface area contributed by atoms with Crippen LogP contribution in [0.2, 0.25) is 10.2 Å². The van der Waals surface area contributed by atoms with Crippen molar-refractivity contribution in [2.45, 2.75) is 6.92 Å². The first-order valence-corrected chi connectivity index (χ1v) is 5.55. The minimum atomic E-state index is 0.454. The molecule has 0 saturated carbocycles. The molecule has 0 unspecified atom stereocenters. The summed E-state index contributed by atoms with van der Waals surface area (Å²) in [4.78, 5) is 4.18. The average Bonchev–Trinajstić information content (AvgIpc) is 2.14. The van der Waals surface area contributed by atoms with Crippen molar-refractivity contribution >= 4 is 50.0 Å². The molecule has 0 fully saturated rings. The van der Waals surface area contributed by atoms with Gasteiger partial charge in [-0.05, 0) is 46.6 Å². The second-order valence-corrected chi connectivity index (χ2v) is 4.61. The third-order valence-corrected chi connectivity index (χ3v) is 3.56. The van der Waals surface area contributed by atoms with Gasteiger partial charge >= 0.3 is 0 Å². The monoisotopic (exact) mass is 289 g/mol. The highest BCUT2D eigenvalue weighted by atomic mass is 79.9. The van der Waals surface area contributed by atoms with E-state index in [1.165, 1.54) is 0 Å². The highest BCUT2D eigenvalue weighted by molar-refractivity contribution is 9.10. The zero-order chi connectivity index (χ0) is 10.3. The normalized spacial score (nSPS) is 10.9. The number of benzene rings is 1. The summed E-state index contributed by atoms with van der Waals surface area (Å²) in [6.07, 6.45) is 0. The third kappa shape index (κ3) is 1.62. The van der Waals surface area contributed by atoms with Crippen LogP contribution in [0.25, 0.3) is 10.9 Å². The SMILES string of the molecule is Cc1cc(Cl)c2nc(Cl)ccc2c1Br. The van der Waals surface area contributed by atoms with Crippen molar-refractivity contribution in [1.29, 1.82) is 0 Å². The standard InChI is InChI=1S/C10H6BrCl2N/c1-5-4-7(12)10-6(9(5)11)2-3-8(13)14-10/h2-4H,1H3. The van der Waals surface area contributed by atoms with Crippen molar-refractivity contribution in [2.75, 3.05) is 0 Å². The first-order chi connectivity index (χ1) is 6.59.